The fourth-order valence-electron chi connectivity index (χ4n) is 10.7. The van der Waals surface area contributed by atoms with Gasteiger partial charge in [0.05, 0.1) is 24.0 Å². The minimum absolute atomic E-state index is 0.0234. The fourth-order valence-corrected chi connectivity index (χ4v) is 10.9. The molecule has 5 unspecified atom stereocenters. The van der Waals surface area contributed by atoms with E-state index < -0.39 is 94.8 Å². The van der Waals surface area contributed by atoms with E-state index >= 15 is 0 Å². The first-order valence-corrected chi connectivity index (χ1v) is 18.6. The maximum absolute atomic E-state index is 13.7. The second kappa shape index (κ2) is 11.5. The molecule has 12 heteroatoms. The maximum atomic E-state index is 13.7. The Hall–Kier alpha value is -1.90. The number of epoxide rings is 1. The van der Waals surface area contributed by atoms with Crippen LogP contribution in [-0.4, -0.2) is 96.6 Å². The summed E-state index contributed by atoms with van der Waals surface area (Å²) < 4.78 is 33.1. The number of esters is 1. The first-order valence-electron chi connectivity index (χ1n) is 18.2. The van der Waals surface area contributed by atoms with Gasteiger partial charge in [-0.15, -0.1) is 0 Å². The van der Waals surface area contributed by atoms with Crippen LogP contribution in [0.2, 0.25) is 0 Å². The molecule has 2 saturated carbocycles. The highest BCUT2D eigenvalue weighted by atomic mass is 35.5. The van der Waals surface area contributed by atoms with E-state index in [-0.39, 0.29) is 23.5 Å². The summed E-state index contributed by atoms with van der Waals surface area (Å²) >= 11 is 6.43. The van der Waals surface area contributed by atoms with Gasteiger partial charge in [0.25, 0.3) is 0 Å². The van der Waals surface area contributed by atoms with Gasteiger partial charge in [-0.05, 0) is 31.8 Å². The maximum Gasteiger partial charge on any atom is 0.313 e. The normalized spacial score (nSPS) is 53.6. The highest BCUT2D eigenvalue weighted by Gasteiger charge is 2.90. The monoisotopic (exact) mass is 716 g/mol. The number of hydrogen-bond donors (Lipinski definition) is 5. The average Bonchev–Trinajstić information content (AvgIpc) is 3.76. The number of ether oxygens (including phenoxy) is 5. The van der Waals surface area contributed by atoms with Crippen molar-refractivity contribution in [3.8, 4) is 0 Å². The number of carbonyl (C=O) groups excluding carboxylic acids is 1. The zero-order chi connectivity index (χ0) is 35.6. The van der Waals surface area contributed by atoms with Gasteiger partial charge in [0, 0.05) is 28.2 Å². The van der Waals surface area contributed by atoms with Gasteiger partial charge in [-0.2, -0.15) is 0 Å². The molecular formula is C38H49ClO11. The molecule has 1 aromatic carbocycles. The minimum atomic E-state index is -2.39. The van der Waals surface area contributed by atoms with Gasteiger partial charge in [0.15, 0.2) is 11.7 Å². The first-order chi connectivity index (χ1) is 23.7. The predicted octanol–water partition coefficient (Wildman–Crippen LogP) is 3.32. The van der Waals surface area contributed by atoms with Crippen molar-refractivity contribution in [1.29, 1.82) is 0 Å². The summed E-state index contributed by atoms with van der Waals surface area (Å²) in [5.74, 6) is -4.75. The quantitative estimate of drug-likeness (QED) is 0.225. The van der Waals surface area contributed by atoms with Crippen molar-refractivity contribution >= 4 is 17.6 Å². The zero-order valence-corrected chi connectivity index (χ0v) is 29.7. The van der Waals surface area contributed by atoms with Crippen LogP contribution in [-0.2, 0) is 34.5 Å². The summed E-state index contributed by atoms with van der Waals surface area (Å²) in [5.41, 5.74) is -7.47. The van der Waals surface area contributed by atoms with E-state index in [9.17, 15) is 30.3 Å². The summed E-state index contributed by atoms with van der Waals surface area (Å²) in [5, 5.41) is 62.2. The van der Waals surface area contributed by atoms with Crippen LogP contribution in [0.5, 0.6) is 0 Å². The Kier molecular flexibility index (Phi) is 8.12. The van der Waals surface area contributed by atoms with Crippen LogP contribution >= 0.6 is 11.6 Å². The highest BCUT2D eigenvalue weighted by Crippen LogP contribution is 2.74. The molecule has 5 N–H and O–H groups in total. The van der Waals surface area contributed by atoms with Crippen LogP contribution < -0.4 is 0 Å². The van der Waals surface area contributed by atoms with Crippen molar-refractivity contribution in [2.24, 2.45) is 23.7 Å². The number of aliphatic hydroxyl groups excluding tert-OH is 2. The van der Waals surface area contributed by atoms with E-state index in [4.69, 9.17) is 35.3 Å². The molecule has 11 nitrogen and oxygen atoms in total. The number of benzene rings is 1. The highest BCUT2D eigenvalue weighted by molar-refractivity contribution is 6.26. The number of carbonyl (C=O) groups is 1. The predicted molar refractivity (Wildman–Crippen MR) is 178 cm³/mol. The third-order valence-electron chi connectivity index (χ3n) is 13.4. The molecule has 5 aliphatic heterocycles. The van der Waals surface area contributed by atoms with Crippen LogP contribution in [0.1, 0.15) is 78.2 Å². The number of aliphatic hydroxyl groups is 5. The van der Waals surface area contributed by atoms with Crippen LogP contribution in [0.25, 0.3) is 0 Å². The van der Waals surface area contributed by atoms with Gasteiger partial charge in [-0.1, -0.05) is 94.8 Å². The summed E-state index contributed by atoms with van der Waals surface area (Å²) in [7, 11) is 0. The van der Waals surface area contributed by atoms with E-state index in [2.05, 4.69) is 6.92 Å². The average molecular weight is 717 g/mol. The number of halogens is 1. The zero-order valence-electron chi connectivity index (χ0n) is 29.0. The standard InChI is InChI=1S/C38H49ClO11/c1-20-12-8-5-6-9-13-21(2)31(41)46-28-23(18-39)16-25-35(28,44)32(42)34(19-40)29(47-34)26-30-37(45,33(4,43)17-20)27-22(3)36(25,26)50-38(48-27,49-30)24-14-10-7-11-15-24/h7,10-11,14-16,18,20-22,26-30,32,40,42-45H,5-6,8-9,12-13,17,19H2,1-4H3/b23-18+/t20?,21?,22-,26+,27+,28+,29+,30+,32-,33?,34?,35-,36+,37+,38?/m1/s1. The molecule has 8 aliphatic rings. The van der Waals surface area contributed by atoms with Crippen molar-refractivity contribution < 1.29 is 54.0 Å². The second-order valence-corrected chi connectivity index (χ2v) is 16.6. The van der Waals surface area contributed by atoms with Crippen molar-refractivity contribution in [1.82, 2.24) is 0 Å². The van der Waals surface area contributed by atoms with Gasteiger partial charge in [-0.25, -0.2) is 0 Å². The number of rotatable bonds is 2. The summed E-state index contributed by atoms with van der Waals surface area (Å²) in [4.78, 5) is 13.7. The van der Waals surface area contributed by atoms with Crippen LogP contribution in [0, 0.1) is 23.7 Å². The molecule has 3 aliphatic carbocycles. The molecule has 0 radical (unpaired) electrons. The Morgan fingerprint density at radius 1 is 0.940 bits per heavy atom. The SMILES string of the molecule is CC1CCCCCCC(C)C(=O)O[C@H]2/C(=C/Cl)C=C3[C@]2(O)[C@H](O)C2(CO)O[C@H]2[C@H]2[C@@H]4OC5(c6ccccc6)O[C@@H]([C@@H](C)[C@]32O5)[C@@]4(O)C(C)(O)C1. The number of fused-ring (bicyclic) bond motifs is 1. The lowest BCUT2D eigenvalue weighted by Crippen LogP contribution is -2.88. The molecule has 1 aromatic rings. The van der Waals surface area contributed by atoms with E-state index in [0.717, 1.165) is 32.1 Å². The van der Waals surface area contributed by atoms with Gasteiger partial charge in [0.2, 0.25) is 0 Å². The Labute approximate surface area is 297 Å². The van der Waals surface area contributed by atoms with Gasteiger partial charge >= 0.3 is 11.9 Å². The molecule has 274 valence electrons. The lowest BCUT2D eigenvalue weighted by molar-refractivity contribution is -0.583. The van der Waals surface area contributed by atoms with E-state index in [1.807, 2.05) is 13.0 Å². The summed E-state index contributed by atoms with van der Waals surface area (Å²) in [6, 6.07) is 8.97. The molecule has 0 amide bonds. The van der Waals surface area contributed by atoms with Crippen LogP contribution in [0.4, 0.5) is 0 Å². The van der Waals surface area contributed by atoms with Crippen molar-refractivity contribution in [3.63, 3.8) is 0 Å². The van der Waals surface area contributed by atoms with Gasteiger partial charge < -0.3 is 49.2 Å². The van der Waals surface area contributed by atoms with Crippen molar-refractivity contribution in [2.75, 3.05) is 6.61 Å². The molecule has 0 aromatic heterocycles. The lowest BCUT2D eigenvalue weighted by Gasteiger charge is -2.73. The Bertz CT molecular complexity index is 1600. The molecule has 9 rings (SSSR count). The van der Waals surface area contributed by atoms with Gasteiger partial charge in [0.1, 0.15) is 41.2 Å². The topological polar surface area (TPSA) is 168 Å². The van der Waals surface area contributed by atoms with Crippen LogP contribution in [0.3, 0.4) is 0 Å². The Balaban J connectivity index is 1.38. The third kappa shape index (κ3) is 4.33. The third-order valence-corrected chi connectivity index (χ3v) is 13.6. The Morgan fingerprint density at radius 3 is 2.30 bits per heavy atom. The summed E-state index contributed by atoms with van der Waals surface area (Å²) in [6.07, 6.45) is 0.0959. The molecule has 8 bridgehead atoms. The smallest absolute Gasteiger partial charge is 0.313 e. The van der Waals surface area contributed by atoms with E-state index in [1.54, 1.807) is 44.2 Å². The molecule has 15 atom stereocenters. The first kappa shape index (κ1) is 35.1. The van der Waals surface area contributed by atoms with E-state index in [1.165, 1.54) is 5.54 Å². The Morgan fingerprint density at radius 2 is 1.62 bits per heavy atom. The minimum Gasteiger partial charge on any atom is -0.454 e. The molecule has 1 spiro atoms. The van der Waals surface area contributed by atoms with Crippen molar-refractivity contribution in [3.05, 3.63) is 58.7 Å². The number of hydrogen-bond acceptors (Lipinski definition) is 11. The second-order valence-electron chi connectivity index (χ2n) is 16.4. The molecule has 7 fully saturated rings. The molecule has 5 heterocycles. The molecule has 50 heavy (non-hydrogen) atoms. The fraction of sp³-hybridized carbons (Fsp3) is 0.711. The van der Waals surface area contributed by atoms with Crippen molar-refractivity contribution in [2.45, 2.75) is 137 Å². The largest absolute Gasteiger partial charge is 0.454 e. The lowest BCUT2D eigenvalue weighted by atomic mass is 9.50. The van der Waals surface area contributed by atoms with Crippen LogP contribution in [0.15, 0.2) is 53.1 Å². The van der Waals surface area contributed by atoms with E-state index in [0.29, 0.717) is 12.0 Å². The molecule has 5 saturated heterocycles. The van der Waals surface area contributed by atoms with Gasteiger partial charge in [-0.3, -0.25) is 4.79 Å². The molecular weight excluding hydrogens is 668 g/mol. The summed E-state index contributed by atoms with van der Waals surface area (Å²) in [6.45, 7) is 6.56.